The van der Waals surface area contributed by atoms with E-state index in [1.807, 2.05) is 18.2 Å². The van der Waals surface area contributed by atoms with E-state index in [0.717, 1.165) is 21.7 Å². The Kier molecular flexibility index (Phi) is 6.30. The smallest absolute Gasteiger partial charge is 0.241 e. The van der Waals surface area contributed by atoms with Gasteiger partial charge < -0.3 is 9.73 Å². The summed E-state index contributed by atoms with van der Waals surface area (Å²) in [5, 5.41) is 3.34. The molecule has 1 amide bonds. The summed E-state index contributed by atoms with van der Waals surface area (Å²) in [6.07, 6.45) is 1.08. The minimum atomic E-state index is -3.62. The molecule has 2 aromatic carbocycles. The third kappa shape index (κ3) is 5.40. The van der Waals surface area contributed by atoms with E-state index in [2.05, 4.69) is 5.32 Å². The number of sulfonamides is 1. The first kappa shape index (κ1) is 21.0. The van der Waals surface area contributed by atoms with Crippen LogP contribution in [0.4, 0.5) is 5.69 Å². The molecule has 0 saturated carbocycles. The summed E-state index contributed by atoms with van der Waals surface area (Å²) >= 11 is 5.89. The summed E-state index contributed by atoms with van der Waals surface area (Å²) in [5.41, 5.74) is 2.12. The summed E-state index contributed by atoms with van der Waals surface area (Å²) in [6, 6.07) is 17.8. The SMILES string of the molecule is Cc1ccccc1N(CC(=O)NCc1ccc(-c2ccc(Cl)cc2)o1)S(C)(=O)=O. The van der Waals surface area contributed by atoms with E-state index in [1.54, 1.807) is 49.4 Å². The third-order valence-corrected chi connectivity index (χ3v) is 5.70. The lowest BCUT2D eigenvalue weighted by Gasteiger charge is -2.23. The fraction of sp³-hybridized carbons (Fsp3) is 0.190. The number of aryl methyl sites for hydroxylation is 1. The molecule has 29 heavy (non-hydrogen) atoms. The predicted octanol–water partition coefficient (Wildman–Crippen LogP) is 3.99. The van der Waals surface area contributed by atoms with Gasteiger partial charge in [0.1, 0.15) is 18.1 Å². The van der Waals surface area contributed by atoms with Gasteiger partial charge in [-0.05, 0) is 55.0 Å². The number of amides is 1. The highest BCUT2D eigenvalue weighted by Gasteiger charge is 2.22. The van der Waals surface area contributed by atoms with Crippen molar-refractivity contribution >= 4 is 33.2 Å². The molecular weight excluding hydrogens is 412 g/mol. The molecule has 0 fully saturated rings. The van der Waals surface area contributed by atoms with Gasteiger partial charge in [0.15, 0.2) is 0 Å². The minimum Gasteiger partial charge on any atom is -0.459 e. The second kappa shape index (κ2) is 8.71. The molecule has 152 valence electrons. The second-order valence-electron chi connectivity index (χ2n) is 6.61. The molecule has 0 aliphatic heterocycles. The number of halogens is 1. The van der Waals surface area contributed by atoms with Crippen molar-refractivity contribution < 1.29 is 17.6 Å². The van der Waals surface area contributed by atoms with E-state index in [9.17, 15) is 13.2 Å². The predicted molar refractivity (Wildman–Crippen MR) is 114 cm³/mol. The van der Waals surface area contributed by atoms with Gasteiger partial charge in [-0.3, -0.25) is 9.10 Å². The lowest BCUT2D eigenvalue weighted by Crippen LogP contribution is -2.40. The second-order valence-corrected chi connectivity index (χ2v) is 8.95. The van der Waals surface area contributed by atoms with Gasteiger partial charge >= 0.3 is 0 Å². The van der Waals surface area contributed by atoms with Crippen molar-refractivity contribution in [3.8, 4) is 11.3 Å². The zero-order valence-corrected chi connectivity index (χ0v) is 17.6. The number of benzene rings is 2. The number of nitrogens with zero attached hydrogens (tertiary/aromatic N) is 1. The molecule has 0 radical (unpaired) electrons. The van der Waals surface area contributed by atoms with Crippen LogP contribution in [0.25, 0.3) is 11.3 Å². The molecule has 1 aromatic heterocycles. The maximum atomic E-state index is 12.4. The van der Waals surface area contributed by atoms with E-state index in [4.69, 9.17) is 16.0 Å². The van der Waals surface area contributed by atoms with Crippen LogP contribution in [0.1, 0.15) is 11.3 Å². The van der Waals surface area contributed by atoms with Gasteiger partial charge in [0, 0.05) is 10.6 Å². The van der Waals surface area contributed by atoms with Crippen molar-refractivity contribution in [1.82, 2.24) is 5.32 Å². The van der Waals surface area contributed by atoms with Crippen LogP contribution in [0.5, 0.6) is 0 Å². The Hall–Kier alpha value is -2.77. The average molecular weight is 433 g/mol. The van der Waals surface area contributed by atoms with Crippen molar-refractivity contribution in [2.24, 2.45) is 0 Å². The van der Waals surface area contributed by atoms with Crippen molar-refractivity contribution in [2.75, 3.05) is 17.1 Å². The molecule has 0 aliphatic rings. The Balaban J connectivity index is 1.66. The standard InChI is InChI=1S/C21H21ClN2O4S/c1-15-5-3-4-6-19(15)24(29(2,26)27)14-21(25)23-13-18-11-12-20(28-18)16-7-9-17(22)10-8-16/h3-12H,13-14H2,1-2H3,(H,23,25). The van der Waals surface area contributed by atoms with Crippen molar-refractivity contribution in [3.63, 3.8) is 0 Å². The number of nitrogens with one attached hydrogen (secondary N) is 1. The van der Waals surface area contributed by atoms with Crippen molar-refractivity contribution in [3.05, 3.63) is 77.0 Å². The molecule has 6 nitrogen and oxygen atoms in total. The molecule has 0 atom stereocenters. The van der Waals surface area contributed by atoms with E-state index in [1.165, 1.54) is 0 Å². The summed E-state index contributed by atoms with van der Waals surface area (Å²) in [6.45, 7) is 1.64. The maximum Gasteiger partial charge on any atom is 0.241 e. The quantitative estimate of drug-likeness (QED) is 0.612. The van der Waals surface area contributed by atoms with Crippen LogP contribution >= 0.6 is 11.6 Å². The highest BCUT2D eigenvalue weighted by atomic mass is 35.5. The van der Waals surface area contributed by atoms with Gasteiger partial charge in [0.25, 0.3) is 0 Å². The molecule has 1 heterocycles. The van der Waals surface area contributed by atoms with Gasteiger partial charge in [-0.2, -0.15) is 0 Å². The number of furan rings is 1. The van der Waals surface area contributed by atoms with Crippen LogP contribution in [-0.2, 0) is 21.4 Å². The molecule has 3 rings (SSSR count). The lowest BCUT2D eigenvalue weighted by molar-refractivity contribution is -0.119. The number of para-hydroxylation sites is 1. The highest BCUT2D eigenvalue weighted by Crippen LogP contribution is 2.24. The monoisotopic (exact) mass is 432 g/mol. The van der Waals surface area contributed by atoms with Gasteiger partial charge in [0.2, 0.25) is 15.9 Å². The highest BCUT2D eigenvalue weighted by molar-refractivity contribution is 7.92. The van der Waals surface area contributed by atoms with E-state index < -0.39 is 15.9 Å². The zero-order chi connectivity index (χ0) is 21.0. The third-order valence-electron chi connectivity index (χ3n) is 4.32. The van der Waals surface area contributed by atoms with Crippen molar-refractivity contribution in [1.29, 1.82) is 0 Å². The van der Waals surface area contributed by atoms with Gasteiger partial charge in [-0.1, -0.05) is 29.8 Å². The lowest BCUT2D eigenvalue weighted by atomic mass is 10.2. The number of carbonyl (C=O) groups excluding carboxylic acids is 1. The first-order valence-corrected chi connectivity index (χ1v) is 11.1. The normalized spacial score (nSPS) is 11.3. The topological polar surface area (TPSA) is 79.6 Å². The molecule has 0 unspecified atom stereocenters. The summed E-state index contributed by atoms with van der Waals surface area (Å²) in [5.74, 6) is 0.789. The van der Waals surface area contributed by atoms with E-state index in [-0.39, 0.29) is 13.1 Å². The molecule has 0 spiro atoms. The fourth-order valence-corrected chi connectivity index (χ4v) is 3.88. The largest absolute Gasteiger partial charge is 0.459 e. The van der Waals surface area contributed by atoms with Gasteiger partial charge in [-0.25, -0.2) is 8.42 Å². The summed E-state index contributed by atoms with van der Waals surface area (Å²) in [7, 11) is -3.62. The molecule has 0 aliphatic carbocycles. The van der Waals surface area contributed by atoms with E-state index in [0.29, 0.717) is 22.2 Å². The van der Waals surface area contributed by atoms with E-state index >= 15 is 0 Å². The van der Waals surface area contributed by atoms with Crippen LogP contribution in [0.3, 0.4) is 0 Å². The number of rotatable bonds is 7. The van der Waals surface area contributed by atoms with Gasteiger partial charge in [-0.15, -0.1) is 0 Å². The molecule has 1 N–H and O–H groups in total. The number of carbonyl (C=O) groups is 1. The minimum absolute atomic E-state index is 0.151. The number of hydrogen-bond donors (Lipinski definition) is 1. The molecule has 8 heteroatoms. The van der Waals surface area contributed by atoms with Crippen LogP contribution in [0.15, 0.2) is 65.1 Å². The average Bonchev–Trinajstić information content (AvgIpc) is 3.14. The summed E-state index contributed by atoms with van der Waals surface area (Å²) < 4.78 is 31.2. The summed E-state index contributed by atoms with van der Waals surface area (Å²) in [4.78, 5) is 12.4. The maximum absolute atomic E-state index is 12.4. The zero-order valence-electron chi connectivity index (χ0n) is 16.1. The van der Waals surface area contributed by atoms with Gasteiger partial charge in [0.05, 0.1) is 18.5 Å². The molecule has 0 bridgehead atoms. The van der Waals surface area contributed by atoms with Crippen LogP contribution in [0, 0.1) is 6.92 Å². The molecule has 0 saturated heterocycles. The Morgan fingerprint density at radius 2 is 1.76 bits per heavy atom. The molecule has 3 aromatic rings. The first-order chi connectivity index (χ1) is 13.7. The van der Waals surface area contributed by atoms with Crippen LogP contribution in [0.2, 0.25) is 5.02 Å². The Morgan fingerprint density at radius 1 is 1.07 bits per heavy atom. The van der Waals surface area contributed by atoms with Crippen LogP contribution in [-0.4, -0.2) is 27.1 Å². The van der Waals surface area contributed by atoms with Crippen molar-refractivity contribution in [2.45, 2.75) is 13.5 Å². The molecular formula is C21H21ClN2O4S. The van der Waals surface area contributed by atoms with Crippen LogP contribution < -0.4 is 9.62 Å². The Morgan fingerprint density at radius 3 is 2.41 bits per heavy atom. The number of anilines is 1. The first-order valence-electron chi connectivity index (χ1n) is 8.89. The Bertz CT molecular complexity index is 1110. The number of hydrogen-bond acceptors (Lipinski definition) is 4. The fourth-order valence-electron chi connectivity index (χ4n) is 2.84. The Labute approximate surface area is 175 Å².